The summed E-state index contributed by atoms with van der Waals surface area (Å²) < 4.78 is 16.5. The molecule has 0 unspecified atom stereocenters. The third-order valence-corrected chi connectivity index (χ3v) is 3.64. The van der Waals surface area contributed by atoms with Crippen LogP contribution in [0.3, 0.4) is 0 Å². The van der Waals surface area contributed by atoms with Gasteiger partial charge in [-0.1, -0.05) is 17.7 Å². The summed E-state index contributed by atoms with van der Waals surface area (Å²) in [6.07, 6.45) is 0. The van der Waals surface area contributed by atoms with Crippen molar-refractivity contribution in [2.45, 2.75) is 13.5 Å². The maximum absolute atomic E-state index is 11.1. The highest BCUT2D eigenvalue weighted by molar-refractivity contribution is 6.32. The van der Waals surface area contributed by atoms with E-state index in [2.05, 4.69) is 0 Å². The second-order valence-electron chi connectivity index (χ2n) is 5.12. The molecule has 0 saturated carbocycles. The predicted molar refractivity (Wildman–Crippen MR) is 84.6 cm³/mol. The number of hydrogen-bond donors (Lipinski definition) is 0. The number of nitrogens with zero attached hydrogens (tertiary/aromatic N) is 1. The molecule has 2 aromatic carbocycles. The van der Waals surface area contributed by atoms with Crippen molar-refractivity contribution in [3.8, 4) is 17.2 Å². The third kappa shape index (κ3) is 3.32. The van der Waals surface area contributed by atoms with E-state index in [-0.39, 0.29) is 18.0 Å². The molecule has 0 fully saturated rings. The highest BCUT2D eigenvalue weighted by Crippen LogP contribution is 2.38. The van der Waals surface area contributed by atoms with Crippen LogP contribution in [0.25, 0.3) is 0 Å². The lowest BCUT2D eigenvalue weighted by molar-refractivity contribution is -0.386. The summed E-state index contributed by atoms with van der Waals surface area (Å²) in [6.45, 7) is 2.84. The summed E-state index contributed by atoms with van der Waals surface area (Å²) in [5.74, 6) is 1.29. The summed E-state index contributed by atoms with van der Waals surface area (Å²) in [5, 5.41) is 11.5. The fourth-order valence-electron chi connectivity index (χ4n) is 2.30. The van der Waals surface area contributed by atoms with Crippen molar-refractivity contribution in [3.05, 3.63) is 56.6 Å². The fraction of sp³-hybridized carbons (Fsp3) is 0.250. The Hall–Kier alpha value is -2.47. The molecule has 0 radical (unpaired) electrons. The standard InChI is InChI=1S/C16H14ClNO5/c1-10-2-3-14(13(6-10)18(19)20)23-9-11-7-12(17)16-15(8-11)21-4-5-22-16/h2-3,6-8H,4-5,9H2,1H3. The Morgan fingerprint density at radius 2 is 2.04 bits per heavy atom. The van der Waals surface area contributed by atoms with Gasteiger partial charge in [0.25, 0.3) is 0 Å². The predicted octanol–water partition coefficient (Wildman–Crippen LogP) is 3.91. The van der Waals surface area contributed by atoms with Crippen LogP contribution >= 0.6 is 11.6 Å². The van der Waals surface area contributed by atoms with Gasteiger partial charge in [-0.3, -0.25) is 10.1 Å². The average molecular weight is 336 g/mol. The minimum absolute atomic E-state index is 0.0614. The first kappa shape index (κ1) is 15.4. The van der Waals surface area contributed by atoms with Gasteiger partial charge in [-0.25, -0.2) is 0 Å². The number of ether oxygens (including phenoxy) is 3. The van der Waals surface area contributed by atoms with E-state index >= 15 is 0 Å². The summed E-state index contributed by atoms with van der Waals surface area (Å²) in [6, 6.07) is 8.30. The smallest absolute Gasteiger partial charge is 0.311 e. The van der Waals surface area contributed by atoms with Gasteiger partial charge in [0.1, 0.15) is 19.8 Å². The zero-order valence-electron chi connectivity index (χ0n) is 12.4. The van der Waals surface area contributed by atoms with E-state index in [9.17, 15) is 10.1 Å². The van der Waals surface area contributed by atoms with Gasteiger partial charge in [-0.2, -0.15) is 0 Å². The monoisotopic (exact) mass is 335 g/mol. The van der Waals surface area contributed by atoms with Gasteiger partial charge in [0.05, 0.1) is 9.95 Å². The first-order valence-corrected chi connectivity index (χ1v) is 7.38. The molecule has 2 aromatic rings. The van der Waals surface area contributed by atoms with Crippen molar-refractivity contribution in [2.75, 3.05) is 13.2 Å². The van der Waals surface area contributed by atoms with Crippen LogP contribution in [0.2, 0.25) is 5.02 Å². The van der Waals surface area contributed by atoms with Gasteiger partial charge >= 0.3 is 5.69 Å². The molecule has 0 saturated heterocycles. The number of hydrogen-bond acceptors (Lipinski definition) is 5. The van der Waals surface area contributed by atoms with E-state index in [0.29, 0.717) is 29.7 Å². The first-order valence-electron chi connectivity index (χ1n) is 7.00. The zero-order chi connectivity index (χ0) is 16.4. The summed E-state index contributed by atoms with van der Waals surface area (Å²) in [5.41, 5.74) is 1.48. The van der Waals surface area contributed by atoms with E-state index in [0.717, 1.165) is 11.1 Å². The Labute approximate surface area is 137 Å². The molecule has 0 aromatic heterocycles. The Bertz CT molecular complexity index is 762. The van der Waals surface area contributed by atoms with Gasteiger partial charge in [-0.05, 0) is 36.2 Å². The van der Waals surface area contributed by atoms with Crippen LogP contribution in [0.4, 0.5) is 5.69 Å². The number of nitro benzene ring substituents is 1. The molecule has 0 N–H and O–H groups in total. The summed E-state index contributed by atoms with van der Waals surface area (Å²) in [7, 11) is 0. The number of rotatable bonds is 4. The van der Waals surface area contributed by atoms with Gasteiger partial charge in [-0.15, -0.1) is 0 Å². The van der Waals surface area contributed by atoms with Crippen molar-refractivity contribution < 1.29 is 19.1 Å². The van der Waals surface area contributed by atoms with Gasteiger partial charge < -0.3 is 14.2 Å². The maximum Gasteiger partial charge on any atom is 0.311 e. The van der Waals surface area contributed by atoms with Gasteiger partial charge in [0.15, 0.2) is 17.2 Å². The molecule has 0 aliphatic carbocycles. The minimum Gasteiger partial charge on any atom is -0.486 e. The van der Waals surface area contributed by atoms with E-state index < -0.39 is 4.92 Å². The summed E-state index contributed by atoms with van der Waals surface area (Å²) >= 11 is 6.16. The molecule has 0 spiro atoms. The first-order chi connectivity index (χ1) is 11.0. The second-order valence-corrected chi connectivity index (χ2v) is 5.53. The number of halogens is 1. The molecule has 7 heteroatoms. The zero-order valence-corrected chi connectivity index (χ0v) is 13.1. The Morgan fingerprint density at radius 1 is 1.26 bits per heavy atom. The van der Waals surface area contributed by atoms with Crippen LogP contribution in [0.5, 0.6) is 17.2 Å². The van der Waals surface area contributed by atoms with Crippen molar-refractivity contribution in [3.63, 3.8) is 0 Å². The number of fused-ring (bicyclic) bond motifs is 1. The van der Waals surface area contributed by atoms with E-state index in [1.807, 2.05) is 0 Å². The molecule has 1 aliphatic rings. The molecule has 1 heterocycles. The van der Waals surface area contributed by atoms with E-state index in [1.165, 1.54) is 6.07 Å². The number of aryl methyl sites for hydroxylation is 1. The molecule has 0 atom stereocenters. The van der Waals surface area contributed by atoms with Crippen LogP contribution in [-0.2, 0) is 6.61 Å². The lowest BCUT2D eigenvalue weighted by atomic mass is 10.2. The van der Waals surface area contributed by atoms with E-state index in [1.54, 1.807) is 31.2 Å². The van der Waals surface area contributed by atoms with Crippen LogP contribution in [-0.4, -0.2) is 18.1 Å². The van der Waals surface area contributed by atoms with Crippen molar-refractivity contribution in [1.29, 1.82) is 0 Å². The molecule has 6 nitrogen and oxygen atoms in total. The van der Waals surface area contributed by atoms with Crippen molar-refractivity contribution >= 4 is 17.3 Å². The minimum atomic E-state index is -0.459. The molecule has 1 aliphatic heterocycles. The second kappa shape index (κ2) is 6.34. The Kier molecular flexibility index (Phi) is 4.25. The maximum atomic E-state index is 11.1. The van der Waals surface area contributed by atoms with Gasteiger partial charge in [0.2, 0.25) is 0 Å². The van der Waals surface area contributed by atoms with Crippen molar-refractivity contribution in [2.24, 2.45) is 0 Å². The van der Waals surface area contributed by atoms with Gasteiger partial charge in [0, 0.05) is 6.07 Å². The molecule has 23 heavy (non-hydrogen) atoms. The third-order valence-electron chi connectivity index (χ3n) is 3.36. The number of benzene rings is 2. The van der Waals surface area contributed by atoms with Crippen molar-refractivity contribution in [1.82, 2.24) is 0 Å². The highest BCUT2D eigenvalue weighted by Gasteiger charge is 2.18. The molecule has 3 rings (SSSR count). The quantitative estimate of drug-likeness (QED) is 0.626. The molecule has 0 amide bonds. The molecule has 0 bridgehead atoms. The van der Waals surface area contributed by atoms with E-state index in [4.69, 9.17) is 25.8 Å². The van der Waals surface area contributed by atoms with Crippen LogP contribution in [0, 0.1) is 17.0 Å². The summed E-state index contributed by atoms with van der Waals surface area (Å²) in [4.78, 5) is 10.6. The topological polar surface area (TPSA) is 70.8 Å². The normalized spacial score (nSPS) is 12.8. The van der Waals surface area contributed by atoms with Crippen LogP contribution in [0.15, 0.2) is 30.3 Å². The highest BCUT2D eigenvalue weighted by atomic mass is 35.5. The Morgan fingerprint density at radius 3 is 2.83 bits per heavy atom. The lowest BCUT2D eigenvalue weighted by Gasteiger charge is -2.20. The molecular weight excluding hydrogens is 322 g/mol. The molecule has 120 valence electrons. The van der Waals surface area contributed by atoms with Crippen LogP contribution < -0.4 is 14.2 Å². The number of nitro groups is 1. The lowest BCUT2D eigenvalue weighted by Crippen LogP contribution is -2.16. The molecular formula is C16H14ClNO5. The SMILES string of the molecule is Cc1ccc(OCc2cc(Cl)c3c(c2)OCCO3)c([N+](=O)[O-])c1. The van der Waals surface area contributed by atoms with Crippen LogP contribution in [0.1, 0.15) is 11.1 Å². The fourth-order valence-corrected chi connectivity index (χ4v) is 2.59. The largest absolute Gasteiger partial charge is 0.486 e. The average Bonchev–Trinajstić information content (AvgIpc) is 2.53. The Balaban J connectivity index is 1.81.